The van der Waals surface area contributed by atoms with Crippen LogP contribution in [0, 0.1) is 0 Å². The lowest BCUT2D eigenvalue weighted by Gasteiger charge is -2.33. The van der Waals surface area contributed by atoms with Gasteiger partial charge in [0.15, 0.2) is 17.3 Å². The molecule has 2 aromatic carbocycles. The maximum Gasteiger partial charge on any atom is 0.324 e. The third kappa shape index (κ3) is 3.10. The molecule has 0 amide bonds. The number of benzene rings is 2. The molecule has 0 spiro atoms. The minimum absolute atomic E-state index is 0.0514. The van der Waals surface area contributed by atoms with Crippen molar-refractivity contribution in [3.05, 3.63) is 65.5 Å². The highest BCUT2D eigenvalue weighted by Gasteiger charge is 2.50. The first kappa shape index (κ1) is 17.8. The van der Waals surface area contributed by atoms with Gasteiger partial charge in [-0.2, -0.15) is 4.98 Å². The van der Waals surface area contributed by atoms with Crippen molar-refractivity contribution >= 4 is 6.01 Å². The molecule has 1 saturated carbocycles. The summed E-state index contributed by atoms with van der Waals surface area (Å²) in [6, 6.07) is 17.4. The van der Waals surface area contributed by atoms with E-state index in [1.807, 2.05) is 12.1 Å². The van der Waals surface area contributed by atoms with Gasteiger partial charge in [0, 0.05) is 32.7 Å². The minimum Gasteiger partial charge on any atom is -0.454 e. The van der Waals surface area contributed by atoms with Crippen LogP contribution < -0.4 is 14.4 Å². The number of rotatable bonds is 5. The largest absolute Gasteiger partial charge is 0.454 e. The van der Waals surface area contributed by atoms with Crippen molar-refractivity contribution in [2.75, 3.05) is 37.9 Å². The van der Waals surface area contributed by atoms with E-state index in [0.717, 1.165) is 62.9 Å². The van der Waals surface area contributed by atoms with Crippen LogP contribution in [0.25, 0.3) is 0 Å². The molecule has 0 atom stereocenters. The Labute approximate surface area is 175 Å². The summed E-state index contributed by atoms with van der Waals surface area (Å²) in [7, 11) is 0. The second-order valence-electron chi connectivity index (χ2n) is 8.30. The molecule has 2 aliphatic heterocycles. The van der Waals surface area contributed by atoms with Crippen molar-refractivity contribution in [2.24, 2.45) is 0 Å². The van der Waals surface area contributed by atoms with Gasteiger partial charge < -0.3 is 18.9 Å². The molecule has 30 heavy (non-hydrogen) atoms. The number of fused-ring (bicyclic) bond motifs is 1. The highest BCUT2D eigenvalue weighted by Crippen LogP contribution is 2.52. The summed E-state index contributed by atoms with van der Waals surface area (Å²) in [6.07, 6.45) is 2.17. The van der Waals surface area contributed by atoms with E-state index in [4.69, 9.17) is 19.0 Å². The van der Waals surface area contributed by atoms with Gasteiger partial charge in [0.1, 0.15) is 0 Å². The fourth-order valence-electron chi connectivity index (χ4n) is 4.46. The van der Waals surface area contributed by atoms with Gasteiger partial charge in [-0.05, 0) is 36.1 Å². The van der Waals surface area contributed by atoms with Gasteiger partial charge >= 0.3 is 6.01 Å². The molecule has 7 heteroatoms. The van der Waals surface area contributed by atoms with Crippen LogP contribution in [0.15, 0.2) is 53.1 Å². The predicted octanol–water partition coefficient (Wildman–Crippen LogP) is 3.20. The number of anilines is 1. The third-order valence-electron chi connectivity index (χ3n) is 6.41. The molecule has 7 nitrogen and oxygen atoms in total. The van der Waals surface area contributed by atoms with Crippen LogP contribution in [0.4, 0.5) is 6.01 Å². The van der Waals surface area contributed by atoms with Crippen LogP contribution in [0.5, 0.6) is 11.5 Å². The molecular formula is C23H24N4O3. The summed E-state index contributed by atoms with van der Waals surface area (Å²) < 4.78 is 16.6. The zero-order valence-corrected chi connectivity index (χ0v) is 16.8. The van der Waals surface area contributed by atoms with E-state index in [1.54, 1.807) is 0 Å². The molecule has 0 bridgehead atoms. The quantitative estimate of drug-likeness (QED) is 0.647. The lowest BCUT2D eigenvalue weighted by Crippen LogP contribution is -2.46. The molecule has 6 rings (SSSR count). The van der Waals surface area contributed by atoms with Crippen molar-refractivity contribution in [3.8, 4) is 11.5 Å². The molecular weight excluding hydrogens is 380 g/mol. The monoisotopic (exact) mass is 404 g/mol. The first-order chi connectivity index (χ1) is 14.8. The topological polar surface area (TPSA) is 63.9 Å². The number of aromatic nitrogens is 2. The zero-order chi connectivity index (χ0) is 20.0. The molecule has 0 N–H and O–H groups in total. The highest BCUT2D eigenvalue weighted by molar-refractivity contribution is 5.44. The molecule has 3 aliphatic rings. The van der Waals surface area contributed by atoms with Crippen LogP contribution in [0.3, 0.4) is 0 Å². The minimum atomic E-state index is -0.0514. The Morgan fingerprint density at radius 3 is 2.50 bits per heavy atom. The third-order valence-corrected chi connectivity index (χ3v) is 6.41. The maximum absolute atomic E-state index is 5.67. The Morgan fingerprint density at radius 2 is 1.70 bits per heavy atom. The first-order valence-electron chi connectivity index (χ1n) is 10.6. The smallest absolute Gasteiger partial charge is 0.324 e. The molecule has 154 valence electrons. The highest BCUT2D eigenvalue weighted by atomic mass is 16.7. The number of hydrogen-bond acceptors (Lipinski definition) is 7. The molecule has 2 fully saturated rings. The fourth-order valence-corrected chi connectivity index (χ4v) is 4.46. The zero-order valence-electron chi connectivity index (χ0n) is 16.8. The van der Waals surface area contributed by atoms with E-state index in [0.29, 0.717) is 12.8 Å². The summed E-state index contributed by atoms with van der Waals surface area (Å²) in [5, 5.41) is 4.35. The van der Waals surface area contributed by atoms with Crippen LogP contribution in [0.2, 0.25) is 0 Å². The average molecular weight is 404 g/mol. The predicted molar refractivity (Wildman–Crippen MR) is 111 cm³/mol. The van der Waals surface area contributed by atoms with Crippen molar-refractivity contribution in [3.63, 3.8) is 0 Å². The Hall–Kier alpha value is -3.06. The molecule has 1 aromatic heterocycles. The van der Waals surface area contributed by atoms with Gasteiger partial charge in [-0.3, -0.25) is 4.90 Å². The van der Waals surface area contributed by atoms with Gasteiger partial charge in [0.05, 0.1) is 5.41 Å². The molecule has 3 aromatic rings. The standard InChI is InChI=1S/C23H24N4O3/c1-2-4-18(5-3-1)23(8-9-23)21-24-22(30-25-21)27-12-10-26(11-13-27)15-17-6-7-19-20(14-17)29-16-28-19/h1-7,14H,8-13,15-16H2. The summed E-state index contributed by atoms with van der Waals surface area (Å²) >= 11 is 0. The summed E-state index contributed by atoms with van der Waals surface area (Å²) in [6.45, 7) is 4.88. The normalized spacial score (nSPS) is 19.8. The Morgan fingerprint density at radius 1 is 0.900 bits per heavy atom. The van der Waals surface area contributed by atoms with Crippen molar-refractivity contribution in [1.82, 2.24) is 15.0 Å². The summed E-state index contributed by atoms with van der Waals surface area (Å²) in [5.74, 6) is 2.50. The van der Waals surface area contributed by atoms with E-state index < -0.39 is 0 Å². The molecule has 1 saturated heterocycles. The van der Waals surface area contributed by atoms with Crippen molar-refractivity contribution in [2.45, 2.75) is 24.8 Å². The van der Waals surface area contributed by atoms with Gasteiger partial charge in [-0.1, -0.05) is 41.6 Å². The van der Waals surface area contributed by atoms with Crippen LogP contribution in [-0.4, -0.2) is 48.0 Å². The Balaban J connectivity index is 1.10. The Bertz CT molecular complexity index is 1040. The van der Waals surface area contributed by atoms with Gasteiger partial charge in [-0.25, -0.2) is 0 Å². The second kappa shape index (κ2) is 7.02. The maximum atomic E-state index is 5.67. The summed E-state index contributed by atoms with van der Waals surface area (Å²) in [5.41, 5.74) is 2.47. The Kier molecular flexibility index (Phi) is 4.16. The SMILES string of the molecule is c1ccc(C2(c3noc(N4CCN(Cc5ccc6c(c5)OCO6)CC4)n3)CC2)cc1. The second-order valence-corrected chi connectivity index (χ2v) is 8.30. The number of piperazine rings is 1. The van der Waals surface area contributed by atoms with Gasteiger partial charge in [0.25, 0.3) is 0 Å². The lowest BCUT2D eigenvalue weighted by atomic mass is 9.95. The summed E-state index contributed by atoms with van der Waals surface area (Å²) in [4.78, 5) is 9.44. The molecule has 3 heterocycles. The average Bonchev–Trinajstić information content (AvgIpc) is 3.21. The van der Waals surface area contributed by atoms with Crippen LogP contribution in [0.1, 0.15) is 29.8 Å². The number of ether oxygens (including phenoxy) is 2. The van der Waals surface area contributed by atoms with E-state index >= 15 is 0 Å². The number of hydrogen-bond donors (Lipinski definition) is 0. The first-order valence-corrected chi connectivity index (χ1v) is 10.6. The molecule has 0 radical (unpaired) electrons. The van der Waals surface area contributed by atoms with Gasteiger partial charge in [-0.15, -0.1) is 0 Å². The van der Waals surface area contributed by atoms with Gasteiger partial charge in [0.2, 0.25) is 6.79 Å². The molecule has 1 aliphatic carbocycles. The van der Waals surface area contributed by atoms with Crippen LogP contribution in [-0.2, 0) is 12.0 Å². The number of nitrogens with zero attached hydrogens (tertiary/aromatic N) is 4. The van der Waals surface area contributed by atoms with E-state index in [1.165, 1.54) is 11.1 Å². The lowest BCUT2D eigenvalue weighted by molar-refractivity contribution is 0.174. The van der Waals surface area contributed by atoms with Crippen LogP contribution >= 0.6 is 0 Å². The fraction of sp³-hybridized carbons (Fsp3) is 0.391. The van der Waals surface area contributed by atoms with Crippen molar-refractivity contribution < 1.29 is 14.0 Å². The van der Waals surface area contributed by atoms with E-state index in [9.17, 15) is 0 Å². The van der Waals surface area contributed by atoms with Crippen molar-refractivity contribution in [1.29, 1.82) is 0 Å². The van der Waals surface area contributed by atoms with E-state index in [2.05, 4.69) is 51.4 Å². The van der Waals surface area contributed by atoms with E-state index in [-0.39, 0.29) is 5.41 Å². The molecule has 0 unspecified atom stereocenters.